The summed E-state index contributed by atoms with van der Waals surface area (Å²) >= 11 is 0. The molecule has 0 bridgehead atoms. The molecule has 0 aliphatic heterocycles. The highest BCUT2D eigenvalue weighted by molar-refractivity contribution is 7.92. The highest BCUT2D eigenvalue weighted by Crippen LogP contribution is 2.19. The van der Waals surface area contributed by atoms with Crippen LogP contribution in [0.1, 0.15) is 13.8 Å². The Kier molecular flexibility index (Phi) is 6.81. The van der Waals surface area contributed by atoms with Crippen LogP contribution in [0.25, 0.3) is 0 Å². The van der Waals surface area contributed by atoms with Gasteiger partial charge in [0.05, 0.1) is 4.90 Å². The second-order valence-corrected chi connectivity index (χ2v) is 7.65. The number of ether oxygens (including phenoxy) is 1. The lowest BCUT2D eigenvalue weighted by atomic mass is 10.3. The van der Waals surface area contributed by atoms with E-state index in [0.717, 1.165) is 0 Å². The Balaban J connectivity index is 1.90. The molecule has 0 saturated carbocycles. The van der Waals surface area contributed by atoms with Crippen LogP contribution in [0.5, 0.6) is 5.75 Å². The third-order valence-electron chi connectivity index (χ3n) is 3.36. The molecule has 25 heavy (non-hydrogen) atoms. The lowest BCUT2D eigenvalue weighted by molar-refractivity contribution is 0.104. The number of nitrogens with one attached hydrogen (secondary N) is 2. The van der Waals surface area contributed by atoms with Crippen LogP contribution in [0.2, 0.25) is 0 Å². The lowest BCUT2D eigenvalue weighted by Gasteiger charge is -2.15. The van der Waals surface area contributed by atoms with Gasteiger partial charge in [-0.1, -0.05) is 32.0 Å². The number of benzene rings is 2. The highest BCUT2D eigenvalue weighted by atomic mass is 32.2. The zero-order valence-electron chi connectivity index (χ0n) is 14.3. The van der Waals surface area contributed by atoms with Gasteiger partial charge in [-0.25, -0.2) is 8.42 Å². The first-order chi connectivity index (χ1) is 11.9. The average molecular weight is 364 g/mol. The molecule has 1 atom stereocenters. The van der Waals surface area contributed by atoms with Crippen LogP contribution in [-0.2, 0) is 10.0 Å². The van der Waals surface area contributed by atoms with E-state index in [1.807, 2.05) is 13.8 Å². The zero-order chi connectivity index (χ0) is 18.3. The van der Waals surface area contributed by atoms with Gasteiger partial charge < -0.3 is 15.2 Å². The first kappa shape index (κ1) is 19.2. The maximum Gasteiger partial charge on any atom is 0.261 e. The summed E-state index contributed by atoms with van der Waals surface area (Å²) in [6, 6.07) is 15.0. The van der Waals surface area contributed by atoms with E-state index >= 15 is 0 Å². The Morgan fingerprint density at radius 2 is 1.68 bits per heavy atom. The van der Waals surface area contributed by atoms with Crippen molar-refractivity contribution in [3.05, 3.63) is 54.6 Å². The summed E-state index contributed by atoms with van der Waals surface area (Å²) in [5.41, 5.74) is 0.443. The highest BCUT2D eigenvalue weighted by Gasteiger charge is 2.13. The maximum absolute atomic E-state index is 12.2. The molecule has 2 aromatic rings. The number of hydrogen-bond donors (Lipinski definition) is 3. The summed E-state index contributed by atoms with van der Waals surface area (Å²) in [4.78, 5) is 0.205. The van der Waals surface area contributed by atoms with Crippen molar-refractivity contribution in [2.24, 2.45) is 0 Å². The van der Waals surface area contributed by atoms with Gasteiger partial charge in [-0.2, -0.15) is 0 Å². The topological polar surface area (TPSA) is 87.7 Å². The van der Waals surface area contributed by atoms with E-state index in [9.17, 15) is 13.5 Å². The monoisotopic (exact) mass is 364 g/mol. The van der Waals surface area contributed by atoms with E-state index in [2.05, 4.69) is 10.0 Å². The van der Waals surface area contributed by atoms with Crippen molar-refractivity contribution in [2.75, 3.05) is 17.9 Å². The Labute approximate surface area is 148 Å². The fourth-order valence-electron chi connectivity index (χ4n) is 2.06. The third kappa shape index (κ3) is 6.38. The molecular formula is C18H24N2O4S. The van der Waals surface area contributed by atoms with Crippen molar-refractivity contribution >= 4 is 15.7 Å². The molecule has 0 amide bonds. The molecule has 7 heteroatoms. The third-order valence-corrected chi connectivity index (χ3v) is 4.76. The van der Waals surface area contributed by atoms with Gasteiger partial charge in [0.25, 0.3) is 10.0 Å². The molecule has 136 valence electrons. The summed E-state index contributed by atoms with van der Waals surface area (Å²) in [6.07, 6.45) is -0.612. The van der Waals surface area contributed by atoms with Crippen molar-refractivity contribution in [2.45, 2.75) is 30.9 Å². The lowest BCUT2D eigenvalue weighted by Crippen LogP contribution is -2.35. The molecule has 0 aromatic heterocycles. The van der Waals surface area contributed by atoms with Crippen LogP contribution < -0.4 is 14.8 Å². The standard InChI is InChI=1S/C18H24N2O4S/c1-14(2)19-12-16(21)13-24-17-10-8-15(9-11-17)20-25(22,23)18-6-4-3-5-7-18/h3-11,14,16,19-21H,12-13H2,1-2H3. The van der Waals surface area contributed by atoms with Crippen LogP contribution in [-0.4, -0.2) is 38.8 Å². The number of aliphatic hydroxyl groups excluding tert-OH is 1. The summed E-state index contributed by atoms with van der Waals surface area (Å²) in [7, 11) is -3.61. The van der Waals surface area contributed by atoms with Crippen LogP contribution in [0.3, 0.4) is 0 Å². The van der Waals surface area contributed by atoms with Crippen molar-refractivity contribution in [3.8, 4) is 5.75 Å². The van der Waals surface area contributed by atoms with Crippen molar-refractivity contribution in [1.82, 2.24) is 5.32 Å². The molecule has 6 nitrogen and oxygen atoms in total. The van der Waals surface area contributed by atoms with Gasteiger partial charge in [-0.3, -0.25) is 4.72 Å². The van der Waals surface area contributed by atoms with Gasteiger partial charge in [0, 0.05) is 18.3 Å². The molecule has 0 fully saturated rings. The van der Waals surface area contributed by atoms with Gasteiger partial charge in [-0.05, 0) is 36.4 Å². The van der Waals surface area contributed by atoms with Crippen molar-refractivity contribution in [3.63, 3.8) is 0 Å². The summed E-state index contributed by atoms with van der Waals surface area (Å²) in [5.74, 6) is 0.561. The number of anilines is 1. The molecule has 0 radical (unpaired) electrons. The molecular weight excluding hydrogens is 340 g/mol. The smallest absolute Gasteiger partial charge is 0.261 e. The normalized spacial score (nSPS) is 12.8. The Bertz CT molecular complexity index is 746. The molecule has 0 aliphatic carbocycles. The van der Waals surface area contributed by atoms with Gasteiger partial charge in [0.2, 0.25) is 0 Å². The van der Waals surface area contributed by atoms with Gasteiger partial charge in [0.1, 0.15) is 18.5 Å². The van der Waals surface area contributed by atoms with Gasteiger partial charge in [-0.15, -0.1) is 0 Å². The molecule has 0 aliphatic rings. The Hall–Kier alpha value is -2.09. The van der Waals surface area contributed by atoms with Gasteiger partial charge >= 0.3 is 0 Å². The minimum absolute atomic E-state index is 0.162. The summed E-state index contributed by atoms with van der Waals surface area (Å²) in [6.45, 7) is 4.62. The molecule has 2 aromatic carbocycles. The summed E-state index contributed by atoms with van der Waals surface area (Å²) < 4.78 is 32.5. The summed E-state index contributed by atoms with van der Waals surface area (Å²) in [5, 5.41) is 12.9. The fraction of sp³-hybridized carbons (Fsp3) is 0.333. The molecule has 0 heterocycles. The van der Waals surface area contributed by atoms with Crippen LogP contribution in [0, 0.1) is 0 Å². The molecule has 0 saturated heterocycles. The SMILES string of the molecule is CC(C)NCC(O)COc1ccc(NS(=O)(=O)c2ccccc2)cc1. The van der Waals surface area contributed by atoms with Crippen LogP contribution >= 0.6 is 0 Å². The van der Waals surface area contributed by atoms with E-state index < -0.39 is 16.1 Å². The predicted octanol–water partition coefficient (Wildman–Crippen LogP) is 2.23. The second kappa shape index (κ2) is 8.84. The average Bonchev–Trinajstić information content (AvgIpc) is 2.60. The van der Waals surface area contributed by atoms with Crippen LogP contribution in [0.15, 0.2) is 59.5 Å². The fourth-order valence-corrected chi connectivity index (χ4v) is 3.14. The first-order valence-corrected chi connectivity index (χ1v) is 9.57. The quantitative estimate of drug-likeness (QED) is 0.635. The molecule has 0 spiro atoms. The predicted molar refractivity (Wildman–Crippen MR) is 98.3 cm³/mol. The zero-order valence-corrected chi connectivity index (χ0v) is 15.2. The van der Waals surface area contributed by atoms with E-state index in [0.29, 0.717) is 24.0 Å². The molecule has 3 N–H and O–H groups in total. The van der Waals surface area contributed by atoms with Crippen LogP contribution in [0.4, 0.5) is 5.69 Å². The van der Waals surface area contributed by atoms with E-state index in [-0.39, 0.29) is 11.5 Å². The van der Waals surface area contributed by atoms with Crippen molar-refractivity contribution < 1.29 is 18.3 Å². The maximum atomic E-state index is 12.2. The largest absolute Gasteiger partial charge is 0.491 e. The Morgan fingerprint density at radius 1 is 1.04 bits per heavy atom. The number of hydrogen-bond acceptors (Lipinski definition) is 5. The Morgan fingerprint density at radius 3 is 2.28 bits per heavy atom. The first-order valence-electron chi connectivity index (χ1n) is 8.09. The minimum atomic E-state index is -3.61. The van der Waals surface area contributed by atoms with E-state index in [1.54, 1.807) is 42.5 Å². The molecule has 2 rings (SSSR count). The van der Waals surface area contributed by atoms with E-state index in [4.69, 9.17) is 4.74 Å². The van der Waals surface area contributed by atoms with Crippen molar-refractivity contribution in [1.29, 1.82) is 0 Å². The van der Waals surface area contributed by atoms with E-state index in [1.165, 1.54) is 12.1 Å². The minimum Gasteiger partial charge on any atom is -0.491 e. The molecule has 1 unspecified atom stereocenters. The number of rotatable bonds is 9. The number of aliphatic hydroxyl groups is 1. The second-order valence-electron chi connectivity index (χ2n) is 5.97. The van der Waals surface area contributed by atoms with Gasteiger partial charge in [0.15, 0.2) is 0 Å². The number of sulfonamides is 1.